The van der Waals surface area contributed by atoms with E-state index in [9.17, 15) is 18.0 Å². The fraction of sp³-hybridized carbons (Fsp3) is 0.438. The molecule has 1 saturated carbocycles. The molecular formula is C16H14ClF3N4O. The van der Waals surface area contributed by atoms with E-state index in [0.29, 0.717) is 17.8 Å². The molecule has 2 aromatic rings. The van der Waals surface area contributed by atoms with Crippen LogP contribution in [-0.2, 0) is 19.3 Å². The SMILES string of the molecule is Cc1cc(Cn2nc(C(F)(F)F)cc2Cl)cc(=O)n1C[C@H]1C[C@@H]1C#N. The van der Waals surface area contributed by atoms with Crippen LogP contribution in [0.1, 0.15) is 23.4 Å². The largest absolute Gasteiger partial charge is 0.435 e. The summed E-state index contributed by atoms with van der Waals surface area (Å²) in [5.74, 6) is 0.178. The second-order valence-corrected chi connectivity index (χ2v) is 6.58. The fourth-order valence-corrected chi connectivity index (χ4v) is 2.98. The minimum absolute atomic E-state index is 0.00496. The van der Waals surface area contributed by atoms with E-state index in [1.54, 1.807) is 17.6 Å². The summed E-state index contributed by atoms with van der Waals surface area (Å²) in [6.07, 6.45) is -3.79. The van der Waals surface area contributed by atoms with Gasteiger partial charge in [-0.1, -0.05) is 11.6 Å². The van der Waals surface area contributed by atoms with Crippen molar-refractivity contribution >= 4 is 11.6 Å². The second-order valence-electron chi connectivity index (χ2n) is 6.19. The summed E-state index contributed by atoms with van der Waals surface area (Å²) in [5, 5.41) is 12.2. The number of pyridine rings is 1. The molecule has 2 atom stereocenters. The standard InChI is InChI=1S/C16H14ClF3N4O/c1-9-2-10(3-15(25)23(9)8-12-4-11(12)6-21)7-24-14(17)5-13(22-24)16(18,19)20/h2-3,5,11-12H,4,7-8H2,1H3/t11-,12-/m1/s1. The van der Waals surface area contributed by atoms with Crippen LogP contribution in [0, 0.1) is 30.1 Å². The van der Waals surface area contributed by atoms with Crippen molar-refractivity contribution < 1.29 is 13.2 Å². The summed E-state index contributed by atoms with van der Waals surface area (Å²) in [6, 6.07) is 6.02. The number of nitrogens with zero attached hydrogens (tertiary/aromatic N) is 4. The number of hydrogen-bond acceptors (Lipinski definition) is 3. The highest BCUT2D eigenvalue weighted by molar-refractivity contribution is 6.29. The van der Waals surface area contributed by atoms with Crippen molar-refractivity contribution in [2.24, 2.45) is 11.8 Å². The summed E-state index contributed by atoms with van der Waals surface area (Å²) in [7, 11) is 0. The molecule has 0 unspecified atom stereocenters. The molecule has 1 aliphatic carbocycles. The normalized spacial score (nSPS) is 19.7. The Balaban J connectivity index is 1.82. The third kappa shape index (κ3) is 3.71. The lowest BCUT2D eigenvalue weighted by molar-refractivity contribution is -0.141. The maximum Gasteiger partial charge on any atom is 0.435 e. The van der Waals surface area contributed by atoms with Gasteiger partial charge in [-0.05, 0) is 30.9 Å². The average molecular weight is 371 g/mol. The highest BCUT2D eigenvalue weighted by atomic mass is 35.5. The number of rotatable bonds is 4. The summed E-state index contributed by atoms with van der Waals surface area (Å²) in [6.45, 7) is 2.19. The predicted octanol–water partition coefficient (Wildman–Crippen LogP) is 3.23. The third-order valence-electron chi connectivity index (χ3n) is 4.25. The first-order valence-electron chi connectivity index (χ1n) is 7.59. The Kier molecular flexibility index (Phi) is 4.37. The molecule has 0 N–H and O–H groups in total. The summed E-state index contributed by atoms with van der Waals surface area (Å²) in [4.78, 5) is 12.3. The van der Waals surface area contributed by atoms with E-state index >= 15 is 0 Å². The first kappa shape index (κ1) is 17.5. The molecule has 9 heteroatoms. The molecule has 1 fully saturated rings. The van der Waals surface area contributed by atoms with Gasteiger partial charge in [-0.2, -0.15) is 23.5 Å². The summed E-state index contributed by atoms with van der Waals surface area (Å²) < 4.78 is 40.6. The molecule has 0 aromatic carbocycles. The number of aromatic nitrogens is 3. The minimum atomic E-state index is -4.57. The van der Waals surface area contributed by atoms with Crippen LogP contribution < -0.4 is 5.56 Å². The molecule has 132 valence electrons. The molecular weight excluding hydrogens is 357 g/mol. The van der Waals surface area contributed by atoms with Gasteiger partial charge in [0.1, 0.15) is 5.15 Å². The topological polar surface area (TPSA) is 63.6 Å². The lowest BCUT2D eigenvalue weighted by atomic mass is 10.2. The van der Waals surface area contributed by atoms with Gasteiger partial charge in [-0.3, -0.25) is 4.79 Å². The highest BCUT2D eigenvalue weighted by Crippen LogP contribution is 2.38. The molecule has 0 amide bonds. The Morgan fingerprint density at radius 2 is 2.12 bits per heavy atom. The van der Waals surface area contributed by atoms with E-state index < -0.39 is 11.9 Å². The molecule has 5 nitrogen and oxygen atoms in total. The molecule has 2 heterocycles. The van der Waals surface area contributed by atoms with Crippen LogP contribution in [0.25, 0.3) is 0 Å². The Morgan fingerprint density at radius 1 is 1.40 bits per heavy atom. The quantitative estimate of drug-likeness (QED) is 0.830. The second kappa shape index (κ2) is 6.23. The predicted molar refractivity (Wildman–Crippen MR) is 84.0 cm³/mol. The zero-order valence-electron chi connectivity index (χ0n) is 13.2. The van der Waals surface area contributed by atoms with Gasteiger partial charge in [-0.25, -0.2) is 4.68 Å². The summed E-state index contributed by atoms with van der Waals surface area (Å²) in [5.41, 5.74) is -0.118. The van der Waals surface area contributed by atoms with Crippen molar-refractivity contribution in [3.05, 3.63) is 50.7 Å². The number of alkyl halides is 3. The number of halogens is 4. The number of hydrogen-bond donors (Lipinski definition) is 0. The monoisotopic (exact) mass is 370 g/mol. The van der Waals surface area contributed by atoms with Gasteiger partial charge >= 0.3 is 6.18 Å². The van der Waals surface area contributed by atoms with Crippen LogP contribution in [0.4, 0.5) is 13.2 Å². The zero-order valence-corrected chi connectivity index (χ0v) is 14.0. The highest BCUT2D eigenvalue weighted by Gasteiger charge is 2.37. The zero-order chi connectivity index (χ0) is 18.4. The van der Waals surface area contributed by atoms with Crippen molar-refractivity contribution in [3.63, 3.8) is 0 Å². The van der Waals surface area contributed by atoms with Crippen molar-refractivity contribution in [2.75, 3.05) is 0 Å². The van der Waals surface area contributed by atoms with Crippen LogP contribution in [0.15, 0.2) is 23.0 Å². The maximum absolute atomic E-state index is 12.7. The van der Waals surface area contributed by atoms with Gasteiger partial charge in [0.15, 0.2) is 5.69 Å². The molecule has 25 heavy (non-hydrogen) atoms. The van der Waals surface area contributed by atoms with Crippen LogP contribution in [-0.4, -0.2) is 14.3 Å². The van der Waals surface area contributed by atoms with Crippen molar-refractivity contribution in [2.45, 2.75) is 32.6 Å². The Hall–Kier alpha value is -2.27. The Labute approximate surface area is 146 Å². The minimum Gasteiger partial charge on any atom is -0.313 e. The molecule has 0 saturated heterocycles. The van der Waals surface area contributed by atoms with Gasteiger partial charge < -0.3 is 4.57 Å². The third-order valence-corrected chi connectivity index (χ3v) is 4.56. The summed E-state index contributed by atoms with van der Waals surface area (Å²) >= 11 is 5.81. The lowest BCUT2D eigenvalue weighted by Gasteiger charge is -2.11. The van der Waals surface area contributed by atoms with E-state index in [1.165, 1.54) is 6.07 Å². The van der Waals surface area contributed by atoms with E-state index in [1.807, 2.05) is 0 Å². The van der Waals surface area contributed by atoms with Crippen LogP contribution in [0.5, 0.6) is 0 Å². The molecule has 0 aliphatic heterocycles. The van der Waals surface area contributed by atoms with Crippen molar-refractivity contribution in [3.8, 4) is 6.07 Å². The number of nitriles is 1. The van der Waals surface area contributed by atoms with E-state index in [0.717, 1.165) is 17.2 Å². The fourth-order valence-electron chi connectivity index (χ4n) is 2.78. The van der Waals surface area contributed by atoms with E-state index in [-0.39, 0.29) is 29.1 Å². The van der Waals surface area contributed by atoms with Crippen LogP contribution in [0.3, 0.4) is 0 Å². The van der Waals surface area contributed by atoms with Crippen molar-refractivity contribution in [1.82, 2.24) is 14.3 Å². The molecule has 0 radical (unpaired) electrons. The molecule has 0 bridgehead atoms. The van der Waals surface area contributed by atoms with Gasteiger partial charge in [-0.15, -0.1) is 0 Å². The van der Waals surface area contributed by atoms with E-state index in [4.69, 9.17) is 16.9 Å². The lowest BCUT2D eigenvalue weighted by Crippen LogP contribution is -2.24. The Morgan fingerprint density at radius 3 is 2.64 bits per heavy atom. The first-order chi connectivity index (χ1) is 11.7. The molecule has 0 spiro atoms. The van der Waals surface area contributed by atoms with Gasteiger partial charge in [0.2, 0.25) is 0 Å². The Bertz CT molecular complexity index is 910. The van der Waals surface area contributed by atoms with Crippen molar-refractivity contribution in [1.29, 1.82) is 5.26 Å². The smallest absolute Gasteiger partial charge is 0.313 e. The van der Waals surface area contributed by atoms with E-state index in [2.05, 4.69) is 11.2 Å². The average Bonchev–Trinajstić information content (AvgIpc) is 3.17. The maximum atomic E-state index is 12.7. The van der Waals surface area contributed by atoms with Gasteiger partial charge in [0.05, 0.1) is 18.5 Å². The molecule has 1 aliphatic rings. The molecule has 2 aromatic heterocycles. The first-order valence-corrected chi connectivity index (χ1v) is 7.97. The van der Waals surface area contributed by atoms with Gasteiger partial charge in [0.25, 0.3) is 5.56 Å². The van der Waals surface area contributed by atoms with Crippen LogP contribution in [0.2, 0.25) is 5.15 Å². The number of aryl methyl sites for hydroxylation is 1. The van der Waals surface area contributed by atoms with Gasteiger partial charge in [0, 0.05) is 24.4 Å². The van der Waals surface area contributed by atoms with Crippen LogP contribution >= 0.6 is 11.6 Å². The molecule has 3 rings (SSSR count).